The molecule has 2 aromatic rings. The zero-order chi connectivity index (χ0) is 13.1. The minimum atomic E-state index is 0.581. The lowest BCUT2D eigenvalue weighted by Crippen LogP contribution is -1.89. The first-order chi connectivity index (χ1) is 8.58. The van der Waals surface area contributed by atoms with E-state index >= 15 is 0 Å². The van der Waals surface area contributed by atoms with Gasteiger partial charge in [-0.2, -0.15) is 0 Å². The van der Waals surface area contributed by atoms with Crippen molar-refractivity contribution >= 4 is 56.6 Å². The molecule has 94 valence electrons. The summed E-state index contributed by atoms with van der Waals surface area (Å²) < 4.78 is 1.01. The highest BCUT2D eigenvalue weighted by atomic mass is 79.9. The first-order valence-electron chi connectivity index (χ1n) is 5.18. The normalized spacial score (nSPS) is 10.6. The molecule has 0 aromatic heterocycles. The van der Waals surface area contributed by atoms with E-state index in [9.17, 15) is 0 Å². The predicted octanol–water partition coefficient (Wildman–Crippen LogP) is 5.63. The maximum atomic E-state index is 6.14. The Morgan fingerprint density at radius 3 is 2.72 bits per heavy atom. The molecule has 0 saturated heterocycles. The summed E-state index contributed by atoms with van der Waals surface area (Å²) in [6, 6.07) is 11.4. The van der Waals surface area contributed by atoms with E-state index in [0.29, 0.717) is 10.0 Å². The number of hydrogen-bond donors (Lipinski definition) is 1. The lowest BCUT2D eigenvalue weighted by atomic mass is 10.2. The second kappa shape index (κ2) is 6.20. The molecule has 0 unspecified atom stereocenters. The Bertz CT molecular complexity index is 573. The molecule has 0 spiro atoms. The van der Waals surface area contributed by atoms with Crippen molar-refractivity contribution in [2.45, 2.75) is 10.6 Å². The van der Waals surface area contributed by atoms with E-state index in [-0.39, 0.29) is 0 Å². The van der Waals surface area contributed by atoms with Gasteiger partial charge in [-0.25, -0.2) is 0 Å². The third-order valence-corrected chi connectivity index (χ3v) is 4.86. The lowest BCUT2D eigenvalue weighted by Gasteiger charge is -2.08. The molecule has 0 aliphatic carbocycles. The van der Waals surface area contributed by atoms with Crippen LogP contribution in [0.1, 0.15) is 5.56 Å². The van der Waals surface area contributed by atoms with Crippen molar-refractivity contribution in [1.29, 1.82) is 0 Å². The van der Waals surface area contributed by atoms with E-state index in [1.165, 1.54) is 0 Å². The Kier molecular flexibility index (Phi) is 4.84. The van der Waals surface area contributed by atoms with Gasteiger partial charge in [0.25, 0.3) is 0 Å². The molecule has 0 aliphatic heterocycles. The first-order valence-corrected chi connectivity index (χ1v) is 7.72. The van der Waals surface area contributed by atoms with Crippen LogP contribution in [0.2, 0.25) is 10.0 Å². The maximum Gasteiger partial charge on any atom is 0.0632 e. The van der Waals surface area contributed by atoms with Crippen LogP contribution in [0.15, 0.2) is 45.8 Å². The van der Waals surface area contributed by atoms with Gasteiger partial charge in [-0.3, -0.25) is 0 Å². The molecule has 2 rings (SSSR count). The van der Waals surface area contributed by atoms with E-state index in [0.717, 1.165) is 26.4 Å². The highest BCUT2D eigenvalue weighted by molar-refractivity contribution is 9.10. The molecular formula is C13H10BrCl2NS. The highest BCUT2D eigenvalue weighted by Gasteiger charge is 2.06. The molecule has 0 saturated carbocycles. The van der Waals surface area contributed by atoms with Crippen LogP contribution in [0, 0.1) is 0 Å². The van der Waals surface area contributed by atoms with Gasteiger partial charge in [-0.1, -0.05) is 51.3 Å². The quantitative estimate of drug-likeness (QED) is 0.565. The van der Waals surface area contributed by atoms with Gasteiger partial charge in [0.15, 0.2) is 0 Å². The van der Waals surface area contributed by atoms with Crippen LogP contribution in [-0.2, 0) is 5.75 Å². The molecule has 2 aromatic carbocycles. The van der Waals surface area contributed by atoms with Crippen LogP contribution in [0.4, 0.5) is 5.69 Å². The fourth-order valence-corrected chi connectivity index (χ4v) is 3.42. The molecule has 0 fully saturated rings. The van der Waals surface area contributed by atoms with Gasteiger partial charge in [-0.15, -0.1) is 11.8 Å². The van der Waals surface area contributed by atoms with E-state index in [1.807, 2.05) is 30.3 Å². The lowest BCUT2D eigenvalue weighted by molar-refractivity contribution is 1.37. The third kappa shape index (κ3) is 3.35. The summed E-state index contributed by atoms with van der Waals surface area (Å²) in [5, 5.41) is 1.19. The monoisotopic (exact) mass is 361 g/mol. The molecule has 1 nitrogen and oxygen atoms in total. The van der Waals surface area contributed by atoms with E-state index in [1.54, 1.807) is 17.8 Å². The van der Waals surface area contributed by atoms with Gasteiger partial charge in [0.1, 0.15) is 0 Å². The Hall–Kier alpha value is -0.350. The zero-order valence-electron chi connectivity index (χ0n) is 9.29. The van der Waals surface area contributed by atoms with E-state index < -0.39 is 0 Å². The van der Waals surface area contributed by atoms with Crippen LogP contribution in [0.25, 0.3) is 0 Å². The largest absolute Gasteiger partial charge is 0.398 e. The van der Waals surface area contributed by atoms with Gasteiger partial charge < -0.3 is 5.73 Å². The molecule has 0 aliphatic rings. The van der Waals surface area contributed by atoms with Crippen molar-refractivity contribution in [1.82, 2.24) is 0 Å². The van der Waals surface area contributed by atoms with Gasteiger partial charge >= 0.3 is 0 Å². The maximum absolute atomic E-state index is 6.14. The molecule has 0 atom stereocenters. The van der Waals surface area contributed by atoms with Crippen LogP contribution < -0.4 is 5.73 Å². The summed E-state index contributed by atoms with van der Waals surface area (Å²) in [6.45, 7) is 0. The van der Waals surface area contributed by atoms with Gasteiger partial charge in [0.05, 0.1) is 10.0 Å². The standard InChI is InChI=1S/C13H10BrCl2NS/c14-9-4-5-11(17)12(6-9)18-7-8-2-1-3-10(15)13(8)16/h1-6H,7,17H2. The molecule has 0 radical (unpaired) electrons. The molecule has 0 amide bonds. The second-order valence-corrected chi connectivity index (χ2v) is 6.40. The average molecular weight is 363 g/mol. The van der Waals surface area contributed by atoms with Crippen LogP contribution >= 0.6 is 50.9 Å². The van der Waals surface area contributed by atoms with Gasteiger partial charge in [-0.05, 0) is 29.8 Å². The smallest absolute Gasteiger partial charge is 0.0632 e. The van der Waals surface area contributed by atoms with Crippen molar-refractivity contribution in [3.8, 4) is 0 Å². The minimum absolute atomic E-state index is 0.581. The SMILES string of the molecule is Nc1ccc(Br)cc1SCc1cccc(Cl)c1Cl. The number of halogens is 3. The summed E-state index contributed by atoms with van der Waals surface area (Å²) in [5.74, 6) is 0.736. The number of anilines is 1. The molecular weight excluding hydrogens is 353 g/mol. The molecule has 0 bridgehead atoms. The number of hydrogen-bond acceptors (Lipinski definition) is 2. The van der Waals surface area contributed by atoms with Gasteiger partial charge in [0, 0.05) is 20.8 Å². The Balaban J connectivity index is 2.16. The number of thioether (sulfide) groups is 1. The van der Waals surface area contributed by atoms with Crippen molar-refractivity contribution in [2.24, 2.45) is 0 Å². The Labute approximate surface area is 129 Å². The third-order valence-electron chi connectivity index (χ3n) is 2.39. The van der Waals surface area contributed by atoms with E-state index in [4.69, 9.17) is 28.9 Å². The average Bonchev–Trinajstić information content (AvgIpc) is 2.35. The summed E-state index contributed by atoms with van der Waals surface area (Å²) in [5.41, 5.74) is 7.69. The Morgan fingerprint density at radius 2 is 1.94 bits per heavy atom. The topological polar surface area (TPSA) is 26.0 Å². The van der Waals surface area contributed by atoms with Crippen molar-refractivity contribution in [3.63, 3.8) is 0 Å². The molecule has 2 N–H and O–H groups in total. The summed E-state index contributed by atoms with van der Waals surface area (Å²) >= 11 is 17.2. The van der Waals surface area contributed by atoms with Crippen LogP contribution in [0.5, 0.6) is 0 Å². The zero-order valence-corrected chi connectivity index (χ0v) is 13.2. The fraction of sp³-hybridized carbons (Fsp3) is 0.0769. The van der Waals surface area contributed by atoms with Crippen molar-refractivity contribution < 1.29 is 0 Å². The molecule has 0 heterocycles. The Morgan fingerprint density at radius 1 is 1.17 bits per heavy atom. The number of nitrogens with two attached hydrogens (primary N) is 1. The van der Waals surface area contributed by atoms with E-state index in [2.05, 4.69) is 15.9 Å². The number of benzene rings is 2. The second-order valence-electron chi connectivity index (χ2n) is 3.68. The summed E-state index contributed by atoms with van der Waals surface area (Å²) in [4.78, 5) is 1.03. The fourth-order valence-electron chi connectivity index (χ4n) is 1.45. The minimum Gasteiger partial charge on any atom is -0.398 e. The number of nitrogen functional groups attached to an aromatic ring is 1. The predicted molar refractivity (Wildman–Crippen MR) is 84.6 cm³/mol. The molecule has 5 heteroatoms. The highest BCUT2D eigenvalue weighted by Crippen LogP contribution is 2.34. The van der Waals surface area contributed by atoms with Gasteiger partial charge in [0.2, 0.25) is 0 Å². The van der Waals surface area contributed by atoms with Crippen molar-refractivity contribution in [3.05, 3.63) is 56.5 Å². The summed E-state index contributed by atoms with van der Waals surface area (Å²) in [7, 11) is 0. The number of rotatable bonds is 3. The van der Waals surface area contributed by atoms with Crippen LogP contribution in [-0.4, -0.2) is 0 Å². The van der Waals surface area contributed by atoms with Crippen molar-refractivity contribution in [2.75, 3.05) is 5.73 Å². The molecule has 18 heavy (non-hydrogen) atoms. The summed E-state index contributed by atoms with van der Waals surface area (Å²) in [6.07, 6.45) is 0. The first kappa shape index (κ1) is 14.1. The van der Waals surface area contributed by atoms with Crippen LogP contribution in [0.3, 0.4) is 0 Å².